The van der Waals surface area contributed by atoms with Gasteiger partial charge in [-0.2, -0.15) is 5.10 Å². The summed E-state index contributed by atoms with van der Waals surface area (Å²) in [6.45, 7) is 3.15. The second-order valence-electron chi connectivity index (χ2n) is 8.60. The number of anilines is 1. The number of nitrogen functional groups attached to an aromatic ring is 1. The highest BCUT2D eigenvalue weighted by molar-refractivity contribution is 6.02. The normalized spacial score (nSPS) is 15.0. The van der Waals surface area contributed by atoms with Gasteiger partial charge < -0.3 is 20.0 Å². The molecule has 0 saturated carbocycles. The molecule has 8 nitrogen and oxygen atoms in total. The SMILES string of the molecule is CC(=O)N1CCC(n2cc(-c3cnc(N)c4oc(-c5c[nH]c6ccccc56)cc34)cn2)CC1. The zero-order valence-electron chi connectivity index (χ0n) is 18.3. The van der Waals surface area contributed by atoms with E-state index in [-0.39, 0.29) is 11.9 Å². The number of amides is 1. The number of aromatic nitrogens is 4. The topological polar surface area (TPSA) is 106 Å². The number of benzene rings is 1. The second-order valence-corrected chi connectivity index (χ2v) is 8.60. The Morgan fingerprint density at radius 1 is 1.15 bits per heavy atom. The molecule has 1 aliphatic heterocycles. The molecule has 1 aromatic carbocycles. The predicted octanol–water partition coefficient (Wildman–Crippen LogP) is 4.61. The molecule has 0 atom stereocenters. The second kappa shape index (κ2) is 7.51. The number of nitrogens with two attached hydrogens (primary N) is 1. The minimum Gasteiger partial charge on any atom is -0.452 e. The van der Waals surface area contributed by atoms with Crippen molar-refractivity contribution in [3.05, 3.63) is 55.1 Å². The van der Waals surface area contributed by atoms with Crippen LogP contribution in [0.5, 0.6) is 0 Å². The third kappa shape index (κ3) is 3.26. The van der Waals surface area contributed by atoms with Gasteiger partial charge in [-0.05, 0) is 25.0 Å². The summed E-state index contributed by atoms with van der Waals surface area (Å²) in [7, 11) is 0. The smallest absolute Gasteiger partial charge is 0.219 e. The Labute approximate surface area is 190 Å². The number of hydrogen-bond acceptors (Lipinski definition) is 5. The average Bonchev–Trinajstić information content (AvgIpc) is 3.57. The maximum Gasteiger partial charge on any atom is 0.219 e. The van der Waals surface area contributed by atoms with Crippen molar-refractivity contribution < 1.29 is 9.21 Å². The zero-order valence-corrected chi connectivity index (χ0v) is 18.3. The van der Waals surface area contributed by atoms with Gasteiger partial charge in [0.15, 0.2) is 11.4 Å². The number of carbonyl (C=O) groups excluding carboxylic acids is 1. The van der Waals surface area contributed by atoms with Crippen molar-refractivity contribution in [1.29, 1.82) is 0 Å². The summed E-state index contributed by atoms with van der Waals surface area (Å²) in [6.07, 6.45) is 9.45. The number of nitrogens with zero attached hydrogens (tertiary/aromatic N) is 4. The van der Waals surface area contributed by atoms with Crippen LogP contribution in [0.15, 0.2) is 59.5 Å². The molecular weight excluding hydrogens is 416 g/mol. The summed E-state index contributed by atoms with van der Waals surface area (Å²) in [5.74, 6) is 1.24. The van der Waals surface area contributed by atoms with Crippen LogP contribution in [0.3, 0.4) is 0 Å². The number of piperidine rings is 1. The summed E-state index contributed by atoms with van der Waals surface area (Å²) in [4.78, 5) is 21.2. The molecule has 0 bridgehead atoms. The largest absolute Gasteiger partial charge is 0.452 e. The van der Waals surface area contributed by atoms with Crippen molar-refractivity contribution >= 4 is 33.6 Å². The van der Waals surface area contributed by atoms with Crippen LogP contribution in [0, 0.1) is 0 Å². The number of pyridine rings is 1. The molecule has 4 aromatic heterocycles. The van der Waals surface area contributed by atoms with E-state index in [2.05, 4.69) is 27.3 Å². The fourth-order valence-corrected chi connectivity index (χ4v) is 4.80. The van der Waals surface area contributed by atoms with Crippen LogP contribution in [-0.4, -0.2) is 43.6 Å². The summed E-state index contributed by atoms with van der Waals surface area (Å²) >= 11 is 0. The third-order valence-electron chi connectivity index (χ3n) is 6.64. The molecule has 1 fully saturated rings. The number of para-hydroxylation sites is 1. The maximum atomic E-state index is 11.6. The van der Waals surface area contributed by atoms with Crippen LogP contribution >= 0.6 is 0 Å². The number of aromatic amines is 1. The average molecular weight is 441 g/mol. The molecule has 3 N–H and O–H groups in total. The van der Waals surface area contributed by atoms with E-state index in [1.54, 1.807) is 13.1 Å². The number of furan rings is 1. The molecule has 0 radical (unpaired) electrons. The van der Waals surface area contributed by atoms with Crippen LogP contribution in [0.4, 0.5) is 5.82 Å². The first-order valence-corrected chi connectivity index (χ1v) is 11.1. The lowest BCUT2D eigenvalue weighted by molar-refractivity contribution is -0.130. The molecular formula is C25H24N6O2. The van der Waals surface area contributed by atoms with Crippen molar-refractivity contribution in [3.8, 4) is 22.5 Å². The Kier molecular flexibility index (Phi) is 4.46. The van der Waals surface area contributed by atoms with E-state index in [0.717, 1.165) is 64.7 Å². The maximum absolute atomic E-state index is 11.6. The van der Waals surface area contributed by atoms with Gasteiger partial charge in [0.2, 0.25) is 5.91 Å². The van der Waals surface area contributed by atoms with Gasteiger partial charge in [-0.25, -0.2) is 4.98 Å². The van der Waals surface area contributed by atoms with E-state index < -0.39 is 0 Å². The van der Waals surface area contributed by atoms with E-state index in [1.165, 1.54) is 0 Å². The third-order valence-corrected chi connectivity index (χ3v) is 6.64. The quantitative estimate of drug-likeness (QED) is 0.426. The van der Waals surface area contributed by atoms with E-state index in [4.69, 9.17) is 10.2 Å². The Hall–Kier alpha value is -4.07. The van der Waals surface area contributed by atoms with E-state index in [0.29, 0.717) is 11.4 Å². The Balaban J connectivity index is 1.37. The predicted molar refractivity (Wildman–Crippen MR) is 127 cm³/mol. The van der Waals surface area contributed by atoms with Crippen molar-refractivity contribution in [3.63, 3.8) is 0 Å². The zero-order chi connectivity index (χ0) is 22.5. The Morgan fingerprint density at radius 2 is 1.97 bits per heavy atom. The van der Waals surface area contributed by atoms with Crippen LogP contribution in [0.25, 0.3) is 44.3 Å². The molecule has 8 heteroatoms. The summed E-state index contributed by atoms with van der Waals surface area (Å²) in [5, 5.41) is 6.63. The molecule has 0 unspecified atom stereocenters. The van der Waals surface area contributed by atoms with Crippen LogP contribution in [0.2, 0.25) is 0 Å². The minimum atomic E-state index is 0.135. The molecule has 5 aromatic rings. The monoisotopic (exact) mass is 440 g/mol. The number of rotatable bonds is 3. The Bertz CT molecular complexity index is 1490. The highest BCUT2D eigenvalue weighted by Crippen LogP contribution is 2.38. The molecule has 6 rings (SSSR count). The fourth-order valence-electron chi connectivity index (χ4n) is 4.80. The first kappa shape index (κ1) is 19.6. The standard InChI is InChI=1S/C25H24N6O2/c1-15(32)30-8-6-17(7-9-30)31-14-16(11-29-31)20-12-28-25(26)24-19(20)10-23(33-24)21-13-27-22-5-3-2-4-18(21)22/h2-5,10-14,17,27H,6-9H2,1H3,(H2,26,28). The molecule has 5 heterocycles. The van der Waals surface area contributed by atoms with Crippen molar-refractivity contribution in [2.24, 2.45) is 0 Å². The van der Waals surface area contributed by atoms with Gasteiger partial charge >= 0.3 is 0 Å². The number of carbonyl (C=O) groups is 1. The van der Waals surface area contributed by atoms with E-state index in [1.807, 2.05) is 46.2 Å². The summed E-state index contributed by atoms with van der Waals surface area (Å²) in [6, 6.07) is 10.4. The number of fused-ring (bicyclic) bond motifs is 2. The van der Waals surface area contributed by atoms with Gasteiger partial charge in [-0.3, -0.25) is 9.48 Å². The summed E-state index contributed by atoms with van der Waals surface area (Å²) < 4.78 is 8.21. The lowest BCUT2D eigenvalue weighted by Gasteiger charge is -2.31. The fraction of sp³-hybridized carbons (Fsp3) is 0.240. The highest BCUT2D eigenvalue weighted by atomic mass is 16.3. The van der Waals surface area contributed by atoms with Gasteiger partial charge in [0, 0.05) is 71.6 Å². The Morgan fingerprint density at radius 3 is 2.79 bits per heavy atom. The van der Waals surface area contributed by atoms with Crippen molar-refractivity contribution in [2.45, 2.75) is 25.8 Å². The van der Waals surface area contributed by atoms with Gasteiger partial charge in [-0.15, -0.1) is 0 Å². The molecule has 0 aliphatic carbocycles. The van der Waals surface area contributed by atoms with Crippen LogP contribution in [0.1, 0.15) is 25.8 Å². The number of hydrogen-bond donors (Lipinski definition) is 2. The van der Waals surface area contributed by atoms with Gasteiger partial charge in [0.25, 0.3) is 0 Å². The molecule has 1 aliphatic rings. The van der Waals surface area contributed by atoms with Crippen molar-refractivity contribution in [1.82, 2.24) is 24.6 Å². The first-order chi connectivity index (χ1) is 16.1. The van der Waals surface area contributed by atoms with Gasteiger partial charge in [0.1, 0.15) is 5.76 Å². The number of H-pyrrole nitrogens is 1. The molecule has 1 saturated heterocycles. The van der Waals surface area contributed by atoms with E-state index >= 15 is 0 Å². The summed E-state index contributed by atoms with van der Waals surface area (Å²) in [5.41, 5.74) is 10.7. The molecule has 33 heavy (non-hydrogen) atoms. The van der Waals surface area contributed by atoms with E-state index in [9.17, 15) is 4.79 Å². The van der Waals surface area contributed by atoms with Crippen molar-refractivity contribution in [2.75, 3.05) is 18.8 Å². The molecule has 0 spiro atoms. The van der Waals surface area contributed by atoms with Gasteiger partial charge in [-0.1, -0.05) is 18.2 Å². The molecule has 166 valence electrons. The van der Waals surface area contributed by atoms with Crippen LogP contribution < -0.4 is 5.73 Å². The minimum absolute atomic E-state index is 0.135. The lowest BCUT2D eigenvalue weighted by atomic mass is 10.0. The highest BCUT2D eigenvalue weighted by Gasteiger charge is 2.23. The lowest BCUT2D eigenvalue weighted by Crippen LogP contribution is -2.37. The van der Waals surface area contributed by atoms with Crippen LogP contribution in [-0.2, 0) is 4.79 Å². The van der Waals surface area contributed by atoms with Gasteiger partial charge in [0.05, 0.1) is 12.2 Å². The number of nitrogens with one attached hydrogen (secondary N) is 1. The first-order valence-electron chi connectivity index (χ1n) is 11.1. The molecule has 1 amide bonds. The number of likely N-dealkylation sites (tertiary alicyclic amines) is 1.